The molecule has 0 saturated heterocycles. The minimum atomic E-state index is -0.629. The Labute approximate surface area is 157 Å². The van der Waals surface area contributed by atoms with Gasteiger partial charge in [0.15, 0.2) is 0 Å². The second-order valence-electron chi connectivity index (χ2n) is 5.66. The van der Waals surface area contributed by atoms with Crippen LogP contribution in [0.25, 0.3) is 11.1 Å². The molecular weight excluding hydrogens is 358 g/mol. The van der Waals surface area contributed by atoms with Gasteiger partial charge < -0.3 is 10.5 Å². The quantitative estimate of drug-likeness (QED) is 0.710. The highest BCUT2D eigenvalue weighted by atomic mass is 35.5. The highest BCUT2D eigenvalue weighted by Crippen LogP contribution is 2.32. The van der Waals surface area contributed by atoms with E-state index in [1.165, 1.54) is 12.1 Å². The summed E-state index contributed by atoms with van der Waals surface area (Å²) in [5, 5.41) is 0. The Morgan fingerprint density at radius 3 is 2.27 bits per heavy atom. The minimum Gasteiger partial charge on any atom is -0.497 e. The maximum absolute atomic E-state index is 13.6. The summed E-state index contributed by atoms with van der Waals surface area (Å²) >= 11 is 0. The van der Waals surface area contributed by atoms with Crippen molar-refractivity contribution >= 4 is 12.4 Å². The largest absolute Gasteiger partial charge is 0.497 e. The van der Waals surface area contributed by atoms with Crippen LogP contribution in [0.1, 0.15) is 17.2 Å². The number of ether oxygens (including phenoxy) is 1. The molecule has 3 nitrogen and oxygen atoms in total. The number of aromatic nitrogens is 1. The van der Waals surface area contributed by atoms with Crippen molar-refractivity contribution in [3.63, 3.8) is 0 Å². The molecule has 26 heavy (non-hydrogen) atoms. The normalized spacial score (nSPS) is 11.5. The number of methoxy groups -OCH3 is 1. The van der Waals surface area contributed by atoms with E-state index < -0.39 is 17.6 Å². The zero-order valence-electron chi connectivity index (χ0n) is 14.2. The lowest BCUT2D eigenvalue weighted by Gasteiger charge is -2.19. The molecule has 0 aliphatic heterocycles. The molecule has 0 bridgehead atoms. The number of rotatable bonds is 5. The maximum atomic E-state index is 13.6. The van der Waals surface area contributed by atoms with Crippen molar-refractivity contribution in [2.75, 3.05) is 13.7 Å². The first-order valence-electron chi connectivity index (χ1n) is 7.87. The second-order valence-corrected chi connectivity index (χ2v) is 5.66. The van der Waals surface area contributed by atoms with E-state index in [-0.39, 0.29) is 19.0 Å². The Morgan fingerprint density at radius 2 is 1.69 bits per heavy atom. The molecule has 0 aliphatic rings. The van der Waals surface area contributed by atoms with Gasteiger partial charge in [-0.15, -0.1) is 12.4 Å². The van der Waals surface area contributed by atoms with Crippen LogP contribution in [-0.2, 0) is 0 Å². The molecule has 0 amide bonds. The number of halogens is 3. The van der Waals surface area contributed by atoms with Gasteiger partial charge in [0.1, 0.15) is 17.4 Å². The average Bonchev–Trinajstić information content (AvgIpc) is 2.62. The molecule has 0 unspecified atom stereocenters. The summed E-state index contributed by atoms with van der Waals surface area (Å²) in [6, 6.07) is 14.7. The van der Waals surface area contributed by atoms with Gasteiger partial charge in [0.05, 0.1) is 12.8 Å². The molecule has 1 heterocycles. The number of hydrogen-bond donors (Lipinski definition) is 1. The molecular formula is C20H19ClF2N2O. The third-order valence-electron chi connectivity index (χ3n) is 4.09. The van der Waals surface area contributed by atoms with Crippen molar-refractivity contribution in [3.05, 3.63) is 83.7 Å². The summed E-state index contributed by atoms with van der Waals surface area (Å²) < 4.78 is 32.4. The van der Waals surface area contributed by atoms with Gasteiger partial charge in [0.2, 0.25) is 0 Å². The summed E-state index contributed by atoms with van der Waals surface area (Å²) in [7, 11) is 1.60. The Morgan fingerprint density at radius 1 is 1.04 bits per heavy atom. The Hall–Kier alpha value is -2.50. The summed E-state index contributed by atoms with van der Waals surface area (Å²) in [5.74, 6) is -0.925. The highest BCUT2D eigenvalue weighted by Gasteiger charge is 2.20. The molecule has 2 N–H and O–H groups in total. The van der Waals surface area contributed by atoms with Crippen molar-refractivity contribution in [1.29, 1.82) is 0 Å². The molecule has 0 fully saturated rings. The van der Waals surface area contributed by atoms with Crippen LogP contribution in [0.5, 0.6) is 5.75 Å². The van der Waals surface area contributed by atoms with E-state index in [2.05, 4.69) is 4.98 Å². The van der Waals surface area contributed by atoms with Crippen molar-refractivity contribution in [3.8, 4) is 16.9 Å². The zero-order valence-corrected chi connectivity index (χ0v) is 15.0. The van der Waals surface area contributed by atoms with E-state index in [4.69, 9.17) is 10.5 Å². The maximum Gasteiger partial charge on any atom is 0.126 e. The topological polar surface area (TPSA) is 48.1 Å². The third kappa shape index (κ3) is 4.18. The molecule has 3 rings (SSSR count). The van der Waals surface area contributed by atoms with E-state index >= 15 is 0 Å². The SMILES string of the molecule is COc1ccc(-c2cccnc2[C@H](CN)c2cc(F)cc(F)c2)cc1.Cl. The summed E-state index contributed by atoms with van der Waals surface area (Å²) in [5.41, 5.74) is 8.87. The summed E-state index contributed by atoms with van der Waals surface area (Å²) in [6.07, 6.45) is 1.65. The number of hydrogen-bond acceptors (Lipinski definition) is 3. The standard InChI is InChI=1S/C20H18F2N2O.ClH/c1-25-17-6-4-13(5-7-17)18-3-2-8-24-20(18)19(12-23)14-9-15(21)11-16(22)10-14;/h2-11,19H,12,23H2,1H3;1H/t19-;/m1./s1. The van der Waals surface area contributed by atoms with Gasteiger partial charge in [-0.05, 0) is 41.5 Å². The molecule has 0 spiro atoms. The molecule has 1 atom stereocenters. The second kappa shape index (κ2) is 8.74. The van der Waals surface area contributed by atoms with E-state index in [1.54, 1.807) is 13.3 Å². The lowest BCUT2D eigenvalue weighted by atomic mass is 9.90. The summed E-state index contributed by atoms with van der Waals surface area (Å²) in [4.78, 5) is 4.45. The van der Waals surface area contributed by atoms with E-state index in [9.17, 15) is 8.78 Å². The highest BCUT2D eigenvalue weighted by molar-refractivity contribution is 5.85. The average molecular weight is 377 g/mol. The third-order valence-corrected chi connectivity index (χ3v) is 4.09. The molecule has 0 aliphatic carbocycles. The number of pyridine rings is 1. The van der Waals surface area contributed by atoms with Gasteiger partial charge >= 0.3 is 0 Å². The smallest absolute Gasteiger partial charge is 0.126 e. The predicted octanol–water partition coefficient (Wildman–Crippen LogP) is 4.55. The van der Waals surface area contributed by atoms with Crippen LogP contribution in [0.2, 0.25) is 0 Å². The molecule has 1 aromatic heterocycles. The molecule has 136 valence electrons. The van der Waals surface area contributed by atoms with Crippen molar-refractivity contribution in [1.82, 2.24) is 4.98 Å². The lowest BCUT2D eigenvalue weighted by molar-refractivity contribution is 0.415. The molecule has 2 aromatic carbocycles. The van der Waals surface area contributed by atoms with Crippen LogP contribution < -0.4 is 10.5 Å². The molecule has 3 aromatic rings. The van der Waals surface area contributed by atoms with Crippen LogP contribution in [0.3, 0.4) is 0 Å². The fourth-order valence-corrected chi connectivity index (χ4v) is 2.89. The Kier molecular flexibility index (Phi) is 6.66. The van der Waals surface area contributed by atoms with Crippen molar-refractivity contribution < 1.29 is 13.5 Å². The van der Waals surface area contributed by atoms with Gasteiger partial charge in [0, 0.05) is 30.3 Å². The van der Waals surface area contributed by atoms with Gasteiger partial charge in [-0.1, -0.05) is 18.2 Å². The van der Waals surface area contributed by atoms with Crippen molar-refractivity contribution in [2.45, 2.75) is 5.92 Å². The van der Waals surface area contributed by atoms with E-state index in [0.29, 0.717) is 11.3 Å². The number of benzene rings is 2. The first-order valence-corrected chi connectivity index (χ1v) is 7.87. The summed E-state index contributed by atoms with van der Waals surface area (Å²) in [6.45, 7) is 0.184. The van der Waals surface area contributed by atoms with Crippen LogP contribution in [0.4, 0.5) is 8.78 Å². The first-order chi connectivity index (χ1) is 12.1. The van der Waals surface area contributed by atoms with Gasteiger partial charge in [-0.25, -0.2) is 8.78 Å². The monoisotopic (exact) mass is 376 g/mol. The Bertz CT molecular complexity index is 852. The zero-order chi connectivity index (χ0) is 17.8. The van der Waals surface area contributed by atoms with Crippen LogP contribution in [0, 0.1) is 11.6 Å². The van der Waals surface area contributed by atoms with Crippen LogP contribution in [-0.4, -0.2) is 18.6 Å². The number of nitrogens with zero attached hydrogens (tertiary/aromatic N) is 1. The van der Waals surface area contributed by atoms with E-state index in [1.807, 2.05) is 36.4 Å². The van der Waals surface area contributed by atoms with Gasteiger partial charge in [0.25, 0.3) is 0 Å². The number of nitrogens with two attached hydrogens (primary N) is 1. The molecule has 0 saturated carbocycles. The van der Waals surface area contributed by atoms with Crippen LogP contribution >= 0.6 is 12.4 Å². The van der Waals surface area contributed by atoms with E-state index in [0.717, 1.165) is 22.9 Å². The fourth-order valence-electron chi connectivity index (χ4n) is 2.89. The lowest BCUT2D eigenvalue weighted by Crippen LogP contribution is -2.16. The first kappa shape index (κ1) is 19.8. The molecule has 0 radical (unpaired) electrons. The fraction of sp³-hybridized carbons (Fsp3) is 0.150. The van der Waals surface area contributed by atoms with Crippen LogP contribution in [0.15, 0.2) is 60.8 Å². The van der Waals surface area contributed by atoms with Crippen molar-refractivity contribution in [2.24, 2.45) is 5.73 Å². The van der Waals surface area contributed by atoms with Gasteiger partial charge in [-0.2, -0.15) is 0 Å². The molecule has 6 heteroatoms. The minimum absolute atomic E-state index is 0. The predicted molar refractivity (Wildman–Crippen MR) is 101 cm³/mol. The Balaban J connectivity index is 0.00000243. The van der Waals surface area contributed by atoms with Gasteiger partial charge in [-0.3, -0.25) is 4.98 Å².